The molecule has 0 unspecified atom stereocenters. The van der Waals surface area contributed by atoms with Gasteiger partial charge in [-0.15, -0.1) is 10.2 Å². The normalized spacial score (nSPS) is 10.8. The highest BCUT2D eigenvalue weighted by Gasteiger charge is 2.15. The van der Waals surface area contributed by atoms with Gasteiger partial charge < -0.3 is 14.1 Å². The zero-order valence-electron chi connectivity index (χ0n) is 17.2. The Balaban J connectivity index is 1.25. The lowest BCUT2D eigenvalue weighted by atomic mass is 10.3. The zero-order valence-corrected chi connectivity index (χ0v) is 18.8. The van der Waals surface area contributed by atoms with E-state index in [-0.39, 0.29) is 18.3 Å². The Labute approximate surface area is 194 Å². The van der Waals surface area contributed by atoms with Crippen LogP contribution < -0.4 is 4.74 Å². The van der Waals surface area contributed by atoms with Crippen molar-refractivity contribution in [3.63, 3.8) is 0 Å². The maximum atomic E-state index is 12.5. The summed E-state index contributed by atoms with van der Waals surface area (Å²) in [6.45, 7) is 0.545. The van der Waals surface area contributed by atoms with Gasteiger partial charge >= 0.3 is 0 Å². The highest BCUT2D eigenvalue weighted by atomic mass is 35.5. The van der Waals surface area contributed by atoms with Crippen molar-refractivity contribution in [3.8, 4) is 11.4 Å². The predicted molar refractivity (Wildman–Crippen MR) is 121 cm³/mol. The highest BCUT2D eigenvalue weighted by molar-refractivity contribution is 7.99. The Morgan fingerprint density at radius 3 is 2.75 bits per heavy atom. The van der Waals surface area contributed by atoms with Crippen molar-refractivity contribution in [3.05, 3.63) is 83.5 Å². The van der Waals surface area contributed by atoms with E-state index in [4.69, 9.17) is 20.8 Å². The number of thioether (sulfide) groups is 1. The van der Waals surface area contributed by atoms with Crippen LogP contribution in [0.5, 0.6) is 5.75 Å². The molecule has 164 valence electrons. The van der Waals surface area contributed by atoms with Gasteiger partial charge in [0, 0.05) is 25.4 Å². The zero-order chi connectivity index (χ0) is 22.3. The van der Waals surface area contributed by atoms with E-state index in [2.05, 4.69) is 15.3 Å². The maximum absolute atomic E-state index is 12.5. The first-order chi connectivity index (χ1) is 15.6. The number of ether oxygens (including phenoxy) is 1. The van der Waals surface area contributed by atoms with Crippen molar-refractivity contribution >= 4 is 29.3 Å². The Hall–Kier alpha value is -3.30. The molecule has 2 aromatic heterocycles. The van der Waals surface area contributed by atoms with Gasteiger partial charge in [-0.1, -0.05) is 53.7 Å². The van der Waals surface area contributed by atoms with Crippen LogP contribution in [0.2, 0.25) is 5.02 Å². The molecule has 10 heteroatoms. The van der Waals surface area contributed by atoms with E-state index < -0.39 is 0 Å². The summed E-state index contributed by atoms with van der Waals surface area (Å²) in [7, 11) is 1.75. The standard InChI is InChI=1S/C22H20ClN5O3S/c1-27(12-16-11-24-28(13-16)17-7-3-2-4-8-17)21(29)15-32-22-26-25-20(31-22)14-30-19-10-6-5-9-18(19)23/h2-11,13H,12,14-15H2,1H3. The van der Waals surface area contributed by atoms with Crippen molar-refractivity contribution in [1.29, 1.82) is 0 Å². The van der Waals surface area contributed by atoms with Crippen molar-refractivity contribution in [1.82, 2.24) is 24.9 Å². The molecule has 8 nitrogen and oxygen atoms in total. The fourth-order valence-corrected chi connectivity index (χ4v) is 3.73. The summed E-state index contributed by atoms with van der Waals surface area (Å²) in [6, 6.07) is 16.9. The van der Waals surface area contributed by atoms with Gasteiger partial charge in [-0.25, -0.2) is 4.68 Å². The van der Waals surface area contributed by atoms with Crippen LogP contribution in [0.3, 0.4) is 0 Å². The first-order valence-electron chi connectivity index (χ1n) is 9.74. The summed E-state index contributed by atoms with van der Waals surface area (Å²) in [6.07, 6.45) is 3.67. The monoisotopic (exact) mass is 469 g/mol. The van der Waals surface area contributed by atoms with Crippen molar-refractivity contribution in [2.75, 3.05) is 12.8 Å². The van der Waals surface area contributed by atoms with Crippen LogP contribution in [-0.2, 0) is 17.9 Å². The SMILES string of the molecule is CN(Cc1cnn(-c2ccccc2)c1)C(=O)CSc1nnc(COc2ccccc2Cl)o1. The molecule has 0 atom stereocenters. The molecule has 0 aliphatic heterocycles. The van der Waals surface area contributed by atoms with Gasteiger partial charge in [0.25, 0.3) is 11.1 Å². The van der Waals surface area contributed by atoms with E-state index in [1.165, 1.54) is 11.8 Å². The summed E-state index contributed by atoms with van der Waals surface area (Å²) in [4.78, 5) is 14.1. The minimum absolute atomic E-state index is 0.0606. The number of nitrogens with zero attached hydrogens (tertiary/aromatic N) is 5. The Morgan fingerprint density at radius 2 is 1.94 bits per heavy atom. The lowest BCUT2D eigenvalue weighted by Gasteiger charge is -2.15. The Bertz CT molecular complexity index is 1180. The van der Waals surface area contributed by atoms with Gasteiger partial charge in [0.2, 0.25) is 5.91 Å². The molecule has 0 bridgehead atoms. The van der Waals surface area contributed by atoms with E-state index in [9.17, 15) is 4.79 Å². The minimum Gasteiger partial charge on any atom is -0.482 e. The number of amides is 1. The number of carbonyl (C=O) groups is 1. The smallest absolute Gasteiger partial charge is 0.277 e. The van der Waals surface area contributed by atoms with Crippen LogP contribution in [0.15, 0.2) is 76.6 Å². The van der Waals surface area contributed by atoms with Gasteiger partial charge in [0.05, 0.1) is 22.7 Å². The number of hydrogen-bond acceptors (Lipinski definition) is 7. The van der Waals surface area contributed by atoms with Crippen LogP contribution in [-0.4, -0.2) is 43.6 Å². The third-order valence-corrected chi connectivity index (χ3v) is 5.57. The van der Waals surface area contributed by atoms with Gasteiger partial charge in [-0.05, 0) is 24.3 Å². The number of para-hydroxylation sites is 2. The van der Waals surface area contributed by atoms with Gasteiger partial charge in [-0.2, -0.15) is 5.10 Å². The van der Waals surface area contributed by atoms with Gasteiger partial charge in [0.1, 0.15) is 5.75 Å². The van der Waals surface area contributed by atoms with Crippen LogP contribution >= 0.6 is 23.4 Å². The number of carbonyl (C=O) groups excluding carboxylic acids is 1. The summed E-state index contributed by atoms with van der Waals surface area (Å²) in [5, 5.41) is 13.1. The highest BCUT2D eigenvalue weighted by Crippen LogP contribution is 2.24. The van der Waals surface area contributed by atoms with Gasteiger partial charge in [0.15, 0.2) is 6.61 Å². The third-order valence-electron chi connectivity index (χ3n) is 4.46. The van der Waals surface area contributed by atoms with Crippen LogP contribution in [0.4, 0.5) is 0 Å². The average molecular weight is 470 g/mol. The second kappa shape index (κ2) is 10.3. The molecule has 2 aromatic carbocycles. The predicted octanol–water partition coefficient (Wildman–Crippen LogP) is 4.24. The average Bonchev–Trinajstić information content (AvgIpc) is 3.47. The van der Waals surface area contributed by atoms with Crippen molar-refractivity contribution in [2.24, 2.45) is 0 Å². The molecule has 0 spiro atoms. The molecule has 0 fully saturated rings. The molecule has 2 heterocycles. The summed E-state index contributed by atoms with van der Waals surface area (Å²) < 4.78 is 12.9. The number of halogens is 1. The lowest BCUT2D eigenvalue weighted by molar-refractivity contribution is -0.127. The number of rotatable bonds is 9. The van der Waals surface area contributed by atoms with E-state index in [1.807, 2.05) is 48.7 Å². The quantitative estimate of drug-likeness (QED) is 0.339. The van der Waals surface area contributed by atoms with E-state index in [0.29, 0.717) is 28.4 Å². The first-order valence-corrected chi connectivity index (χ1v) is 11.1. The van der Waals surface area contributed by atoms with Crippen molar-refractivity contribution < 1.29 is 13.9 Å². The summed E-state index contributed by atoms with van der Waals surface area (Å²) >= 11 is 7.24. The molecule has 4 aromatic rings. The molecule has 4 rings (SSSR count). The molecule has 0 radical (unpaired) electrons. The molecule has 0 aliphatic carbocycles. The fourth-order valence-electron chi connectivity index (χ4n) is 2.82. The van der Waals surface area contributed by atoms with Crippen molar-refractivity contribution in [2.45, 2.75) is 18.4 Å². The molecular formula is C22H20ClN5O3S. The van der Waals surface area contributed by atoms with Crippen LogP contribution in [0.25, 0.3) is 5.69 Å². The molecule has 0 aliphatic rings. The number of hydrogen-bond donors (Lipinski definition) is 0. The Kier molecular flexibility index (Phi) is 7.08. The third kappa shape index (κ3) is 5.68. The fraction of sp³-hybridized carbons (Fsp3) is 0.182. The topological polar surface area (TPSA) is 86.3 Å². The molecule has 0 saturated heterocycles. The molecule has 32 heavy (non-hydrogen) atoms. The van der Waals surface area contributed by atoms with Gasteiger partial charge in [-0.3, -0.25) is 4.79 Å². The maximum Gasteiger partial charge on any atom is 0.277 e. The first kappa shape index (κ1) is 21.9. The molecule has 1 amide bonds. The van der Waals surface area contributed by atoms with E-state index in [0.717, 1.165) is 11.3 Å². The molecule has 0 N–H and O–H groups in total. The molecular weight excluding hydrogens is 450 g/mol. The molecule has 0 saturated carbocycles. The number of aromatic nitrogens is 4. The van der Waals surface area contributed by atoms with Crippen LogP contribution in [0.1, 0.15) is 11.5 Å². The summed E-state index contributed by atoms with van der Waals surface area (Å²) in [5.41, 5.74) is 1.90. The second-order valence-corrected chi connectivity index (χ2v) is 8.18. The lowest BCUT2D eigenvalue weighted by Crippen LogP contribution is -2.27. The van der Waals surface area contributed by atoms with E-state index in [1.54, 1.807) is 35.0 Å². The number of benzene rings is 2. The minimum atomic E-state index is -0.0606. The summed E-state index contributed by atoms with van der Waals surface area (Å²) in [5.74, 6) is 0.959. The van der Waals surface area contributed by atoms with E-state index >= 15 is 0 Å². The second-order valence-electron chi connectivity index (χ2n) is 6.85. The van der Waals surface area contributed by atoms with Crippen LogP contribution in [0, 0.1) is 0 Å². The largest absolute Gasteiger partial charge is 0.482 e. The Morgan fingerprint density at radius 1 is 1.16 bits per heavy atom.